The number of amides is 1. The van der Waals surface area contributed by atoms with E-state index in [1.54, 1.807) is 6.92 Å². The molecule has 36 heavy (non-hydrogen) atoms. The largest absolute Gasteiger partial charge is 0.454 e. The highest BCUT2D eigenvalue weighted by molar-refractivity contribution is 5.86. The van der Waals surface area contributed by atoms with Crippen molar-refractivity contribution in [1.82, 2.24) is 25.7 Å². The molecule has 3 heterocycles. The van der Waals surface area contributed by atoms with Crippen molar-refractivity contribution in [2.75, 3.05) is 0 Å². The molecule has 10 heteroatoms. The summed E-state index contributed by atoms with van der Waals surface area (Å²) in [5.74, 6) is -0.123. The first kappa shape index (κ1) is 23.0. The fourth-order valence-corrected chi connectivity index (χ4v) is 4.02. The summed E-state index contributed by atoms with van der Waals surface area (Å²) in [6.45, 7) is 2.85. The molecule has 0 bridgehead atoms. The third-order valence-electron chi connectivity index (χ3n) is 5.69. The van der Waals surface area contributed by atoms with Crippen molar-refractivity contribution in [1.29, 1.82) is 0 Å². The molecule has 10 nitrogen and oxygen atoms in total. The van der Waals surface area contributed by atoms with Gasteiger partial charge in [0.25, 0.3) is 11.8 Å². The monoisotopic (exact) mass is 485 g/mol. The number of aromatic amines is 1. The third kappa shape index (κ3) is 4.74. The van der Waals surface area contributed by atoms with Gasteiger partial charge < -0.3 is 24.0 Å². The number of nitrogens with one attached hydrogen (secondary N) is 2. The number of carbonyl (C=O) groups excluding carboxylic acids is 2. The third-order valence-corrected chi connectivity index (χ3v) is 5.69. The maximum Gasteiger partial charge on any atom is 0.329 e. The summed E-state index contributed by atoms with van der Waals surface area (Å²) in [6.07, 6.45) is 2.08. The summed E-state index contributed by atoms with van der Waals surface area (Å²) in [6, 6.07) is 16.3. The molecule has 1 amide bonds. The number of esters is 1. The zero-order valence-electron chi connectivity index (χ0n) is 19.6. The lowest BCUT2D eigenvalue weighted by atomic mass is 10.0. The van der Waals surface area contributed by atoms with Crippen LogP contribution in [0.4, 0.5) is 0 Å². The molecule has 0 fully saturated rings. The summed E-state index contributed by atoms with van der Waals surface area (Å²) >= 11 is 0. The molecule has 0 saturated carbocycles. The van der Waals surface area contributed by atoms with Gasteiger partial charge in [-0.1, -0.05) is 53.7 Å². The minimum absolute atomic E-state index is 0.103. The van der Waals surface area contributed by atoms with Crippen molar-refractivity contribution < 1.29 is 23.3 Å². The summed E-state index contributed by atoms with van der Waals surface area (Å²) in [7, 11) is 0. The topological polar surface area (TPSA) is 136 Å². The first-order valence-corrected chi connectivity index (χ1v) is 11.3. The first-order valence-electron chi connectivity index (χ1n) is 11.3. The number of aryl methyl sites for hydroxylation is 1. The molecular formula is C26H23N5O5. The van der Waals surface area contributed by atoms with Crippen LogP contribution in [0.15, 0.2) is 69.7 Å². The van der Waals surface area contributed by atoms with Crippen LogP contribution >= 0.6 is 0 Å². The van der Waals surface area contributed by atoms with Crippen LogP contribution in [0.1, 0.15) is 24.1 Å². The number of fused-ring (bicyclic) bond motifs is 1. The van der Waals surface area contributed by atoms with E-state index in [-0.39, 0.29) is 30.7 Å². The number of hydrogen-bond acceptors (Lipinski definition) is 8. The van der Waals surface area contributed by atoms with Crippen LogP contribution in [0.25, 0.3) is 33.6 Å². The standard InChI is InChI=1S/C26H23N5O5/c1-15-23(24(31-36-15)17-8-4-3-5-9-17)25-30-29-22(35-25)14-34-26(33)21(28-16(2)32)12-18-13-27-20-11-7-6-10-19(18)20/h3-11,13,21,27H,12,14H2,1-2H3,(H,28,32)/t21-/m0/s1. The van der Waals surface area contributed by atoms with Crippen molar-refractivity contribution in [2.24, 2.45) is 0 Å². The highest BCUT2D eigenvalue weighted by atomic mass is 16.5. The van der Waals surface area contributed by atoms with Gasteiger partial charge in [-0.3, -0.25) is 4.79 Å². The van der Waals surface area contributed by atoms with Crippen molar-refractivity contribution in [3.63, 3.8) is 0 Å². The summed E-state index contributed by atoms with van der Waals surface area (Å²) < 4.78 is 16.5. The molecular weight excluding hydrogens is 462 g/mol. The summed E-state index contributed by atoms with van der Waals surface area (Å²) in [4.78, 5) is 27.8. The highest BCUT2D eigenvalue weighted by Gasteiger charge is 2.25. The smallest absolute Gasteiger partial charge is 0.329 e. The van der Waals surface area contributed by atoms with E-state index < -0.39 is 12.0 Å². The number of rotatable bonds is 8. The molecule has 5 rings (SSSR count). The van der Waals surface area contributed by atoms with Crippen LogP contribution < -0.4 is 5.32 Å². The Morgan fingerprint density at radius 2 is 1.86 bits per heavy atom. The van der Waals surface area contributed by atoms with Crippen LogP contribution in [0, 0.1) is 6.92 Å². The second-order valence-electron chi connectivity index (χ2n) is 8.25. The number of benzene rings is 2. The molecule has 3 aromatic heterocycles. The van der Waals surface area contributed by atoms with E-state index in [1.807, 2.05) is 60.8 Å². The Labute approximate surface area is 205 Å². The lowest BCUT2D eigenvalue weighted by molar-refractivity contribution is -0.149. The predicted molar refractivity (Wildman–Crippen MR) is 129 cm³/mol. The number of H-pyrrole nitrogens is 1. The van der Waals surface area contributed by atoms with E-state index in [9.17, 15) is 9.59 Å². The average molecular weight is 486 g/mol. The lowest BCUT2D eigenvalue weighted by Gasteiger charge is -2.16. The number of carbonyl (C=O) groups is 2. The van der Waals surface area contributed by atoms with E-state index in [4.69, 9.17) is 13.7 Å². The maximum atomic E-state index is 12.9. The molecule has 5 aromatic rings. The molecule has 2 aromatic carbocycles. The van der Waals surface area contributed by atoms with Crippen LogP contribution in [0.2, 0.25) is 0 Å². The van der Waals surface area contributed by atoms with Crippen molar-refractivity contribution in [3.05, 3.63) is 78.0 Å². The van der Waals surface area contributed by atoms with Gasteiger partial charge in [0.1, 0.15) is 23.1 Å². The number of aromatic nitrogens is 4. The summed E-state index contributed by atoms with van der Waals surface area (Å²) in [5, 5.41) is 15.9. The van der Waals surface area contributed by atoms with Gasteiger partial charge >= 0.3 is 5.97 Å². The average Bonchev–Trinajstić information content (AvgIpc) is 3.61. The van der Waals surface area contributed by atoms with Crippen molar-refractivity contribution >= 4 is 22.8 Å². The van der Waals surface area contributed by atoms with Gasteiger partial charge in [-0.25, -0.2) is 4.79 Å². The van der Waals surface area contributed by atoms with Gasteiger partial charge in [0.2, 0.25) is 5.91 Å². The van der Waals surface area contributed by atoms with Crippen LogP contribution in [-0.4, -0.2) is 38.3 Å². The second kappa shape index (κ2) is 9.87. The molecule has 182 valence electrons. The van der Waals surface area contributed by atoms with E-state index in [0.717, 1.165) is 22.0 Å². The first-order chi connectivity index (χ1) is 17.5. The Bertz CT molecular complexity index is 1520. The fourth-order valence-electron chi connectivity index (χ4n) is 4.02. The Kier molecular flexibility index (Phi) is 6.31. The van der Waals surface area contributed by atoms with Gasteiger partial charge in [-0.15, -0.1) is 10.2 Å². The lowest BCUT2D eigenvalue weighted by Crippen LogP contribution is -2.42. The molecule has 0 radical (unpaired) electrons. The van der Waals surface area contributed by atoms with Gasteiger partial charge in [0, 0.05) is 36.0 Å². The van der Waals surface area contributed by atoms with E-state index in [2.05, 4.69) is 25.7 Å². The highest BCUT2D eigenvalue weighted by Crippen LogP contribution is 2.33. The van der Waals surface area contributed by atoms with Crippen LogP contribution in [0.5, 0.6) is 0 Å². The molecule has 0 aliphatic carbocycles. The normalized spacial score (nSPS) is 11.9. The second-order valence-corrected chi connectivity index (χ2v) is 8.25. The summed E-state index contributed by atoms with van der Waals surface area (Å²) in [5.41, 5.74) is 3.81. The van der Waals surface area contributed by atoms with Gasteiger partial charge in [0.15, 0.2) is 6.61 Å². The SMILES string of the molecule is CC(=O)N[C@@H](Cc1c[nH]c2ccccc12)C(=O)OCc1nnc(-c2c(-c3ccccc3)noc2C)o1. The number of hydrogen-bond donors (Lipinski definition) is 2. The van der Waals surface area contributed by atoms with E-state index in [1.165, 1.54) is 6.92 Å². The van der Waals surface area contributed by atoms with E-state index >= 15 is 0 Å². The Balaban J connectivity index is 1.30. The van der Waals surface area contributed by atoms with Crippen LogP contribution in [-0.2, 0) is 27.4 Å². The Morgan fingerprint density at radius 1 is 1.08 bits per heavy atom. The molecule has 1 atom stereocenters. The number of nitrogens with zero attached hydrogens (tertiary/aromatic N) is 3. The molecule has 2 N–H and O–H groups in total. The van der Waals surface area contributed by atoms with Gasteiger partial charge in [0.05, 0.1) is 0 Å². The number of para-hydroxylation sites is 1. The van der Waals surface area contributed by atoms with E-state index in [0.29, 0.717) is 17.0 Å². The van der Waals surface area contributed by atoms with Crippen molar-refractivity contribution in [2.45, 2.75) is 32.9 Å². The Hall–Kier alpha value is -4.73. The van der Waals surface area contributed by atoms with Crippen LogP contribution in [0.3, 0.4) is 0 Å². The molecule has 0 aliphatic rings. The minimum Gasteiger partial charge on any atom is -0.454 e. The predicted octanol–water partition coefficient (Wildman–Crippen LogP) is 3.97. The quantitative estimate of drug-likeness (QED) is 0.315. The maximum absolute atomic E-state index is 12.9. The molecule has 0 unspecified atom stereocenters. The zero-order valence-corrected chi connectivity index (χ0v) is 19.6. The fraction of sp³-hybridized carbons (Fsp3) is 0.192. The van der Waals surface area contributed by atoms with Crippen molar-refractivity contribution in [3.8, 4) is 22.7 Å². The zero-order chi connectivity index (χ0) is 25.1. The Morgan fingerprint density at radius 3 is 2.67 bits per heavy atom. The van der Waals surface area contributed by atoms with Gasteiger partial charge in [-0.05, 0) is 18.6 Å². The van der Waals surface area contributed by atoms with Gasteiger partial charge in [-0.2, -0.15) is 0 Å². The molecule has 0 spiro atoms. The molecule has 0 aliphatic heterocycles. The number of ether oxygens (including phenoxy) is 1. The molecule has 0 saturated heterocycles. The minimum atomic E-state index is -0.880.